The Morgan fingerprint density at radius 1 is 1.31 bits per heavy atom. The Morgan fingerprint density at radius 3 is 2.62 bits per heavy atom. The van der Waals surface area contributed by atoms with Gasteiger partial charge in [-0.05, 0) is 45.0 Å². The molecule has 1 amide bonds. The molecule has 0 atom stereocenters. The van der Waals surface area contributed by atoms with E-state index in [1.165, 1.54) is 23.5 Å². The molecule has 0 aliphatic carbocycles. The highest BCUT2D eigenvalue weighted by atomic mass is 32.1. The van der Waals surface area contributed by atoms with Crippen molar-refractivity contribution in [2.24, 2.45) is 0 Å². The number of carboxylic acid groups (broad SMARTS) is 1. The van der Waals surface area contributed by atoms with Gasteiger partial charge in [0, 0.05) is 10.9 Å². The van der Waals surface area contributed by atoms with Crippen molar-refractivity contribution < 1.29 is 14.3 Å². The monoisotopic (exact) mass is 374 g/mol. The van der Waals surface area contributed by atoms with Crippen LogP contribution >= 0.6 is 11.3 Å². The zero-order valence-electron chi connectivity index (χ0n) is 14.7. The van der Waals surface area contributed by atoms with Crippen LogP contribution in [0.5, 0.6) is 0 Å². The second-order valence-corrected chi connectivity index (χ2v) is 7.66. The van der Waals surface area contributed by atoms with Crippen LogP contribution < -0.4 is 5.32 Å². The SMILES string of the molecule is CC(C)(C)n1ncc(-c2nc(CNC(=O)O)cs2)c1-c1ccc(F)cc1. The number of halogens is 1. The molecule has 0 aliphatic rings. The van der Waals surface area contributed by atoms with E-state index in [2.05, 4.69) is 15.4 Å². The lowest BCUT2D eigenvalue weighted by molar-refractivity contribution is 0.194. The Bertz CT molecular complexity index is 926. The van der Waals surface area contributed by atoms with Gasteiger partial charge in [-0.25, -0.2) is 14.2 Å². The summed E-state index contributed by atoms with van der Waals surface area (Å²) in [6.07, 6.45) is 0.657. The van der Waals surface area contributed by atoms with Gasteiger partial charge in [-0.15, -0.1) is 11.3 Å². The molecule has 26 heavy (non-hydrogen) atoms. The van der Waals surface area contributed by atoms with Crippen LogP contribution in [0.25, 0.3) is 21.8 Å². The van der Waals surface area contributed by atoms with E-state index >= 15 is 0 Å². The number of hydrogen-bond acceptors (Lipinski definition) is 4. The smallest absolute Gasteiger partial charge is 0.404 e. The standard InChI is InChI=1S/C18H19FN4O2S/c1-18(2,3)23-15(11-4-6-12(19)7-5-11)14(9-21-23)16-22-13(10-26-16)8-20-17(24)25/h4-7,9-10,20H,8H2,1-3H3,(H,24,25). The van der Waals surface area contributed by atoms with E-state index in [-0.39, 0.29) is 17.9 Å². The lowest BCUT2D eigenvalue weighted by atomic mass is 10.0. The maximum Gasteiger partial charge on any atom is 0.404 e. The molecule has 1 aromatic carbocycles. The maximum absolute atomic E-state index is 13.4. The third-order valence-corrected chi connectivity index (χ3v) is 4.65. The first-order chi connectivity index (χ1) is 12.3. The molecule has 2 heterocycles. The zero-order valence-corrected chi connectivity index (χ0v) is 15.5. The molecule has 0 saturated carbocycles. The number of rotatable bonds is 4. The van der Waals surface area contributed by atoms with Crippen molar-refractivity contribution in [1.82, 2.24) is 20.1 Å². The van der Waals surface area contributed by atoms with Crippen molar-refractivity contribution in [1.29, 1.82) is 0 Å². The van der Waals surface area contributed by atoms with Crippen molar-refractivity contribution in [3.05, 3.63) is 47.4 Å². The summed E-state index contributed by atoms with van der Waals surface area (Å²) in [7, 11) is 0. The van der Waals surface area contributed by atoms with Gasteiger partial charge in [0.25, 0.3) is 0 Å². The third-order valence-electron chi connectivity index (χ3n) is 3.73. The summed E-state index contributed by atoms with van der Waals surface area (Å²) in [5, 5.41) is 18.1. The number of benzene rings is 1. The molecule has 0 saturated heterocycles. The number of aromatic nitrogens is 3. The fraction of sp³-hybridized carbons (Fsp3) is 0.278. The maximum atomic E-state index is 13.4. The van der Waals surface area contributed by atoms with Gasteiger partial charge in [0.15, 0.2) is 0 Å². The summed E-state index contributed by atoms with van der Waals surface area (Å²) in [4.78, 5) is 15.2. The van der Waals surface area contributed by atoms with Gasteiger partial charge < -0.3 is 10.4 Å². The Hall–Kier alpha value is -2.74. The van der Waals surface area contributed by atoms with Crippen LogP contribution in [0.4, 0.5) is 9.18 Å². The van der Waals surface area contributed by atoms with Gasteiger partial charge in [-0.3, -0.25) is 4.68 Å². The van der Waals surface area contributed by atoms with E-state index in [1.54, 1.807) is 18.3 Å². The zero-order chi connectivity index (χ0) is 18.9. The Balaban J connectivity index is 2.06. The second kappa shape index (κ2) is 6.87. The molecule has 136 valence electrons. The molecule has 8 heteroatoms. The first-order valence-electron chi connectivity index (χ1n) is 8.01. The average Bonchev–Trinajstić information content (AvgIpc) is 3.19. The van der Waals surface area contributed by atoms with Crippen molar-refractivity contribution in [2.75, 3.05) is 0 Å². The van der Waals surface area contributed by atoms with Crippen molar-refractivity contribution in [3.63, 3.8) is 0 Å². The Morgan fingerprint density at radius 2 is 2.00 bits per heavy atom. The minimum absolute atomic E-state index is 0.144. The summed E-state index contributed by atoms with van der Waals surface area (Å²) >= 11 is 1.42. The van der Waals surface area contributed by atoms with Gasteiger partial charge >= 0.3 is 6.09 Å². The summed E-state index contributed by atoms with van der Waals surface area (Å²) in [6.45, 7) is 6.27. The number of carbonyl (C=O) groups is 1. The largest absolute Gasteiger partial charge is 0.465 e. The minimum Gasteiger partial charge on any atom is -0.465 e. The molecule has 2 N–H and O–H groups in total. The quantitative estimate of drug-likeness (QED) is 0.712. The first kappa shape index (κ1) is 18.1. The normalized spacial score (nSPS) is 11.5. The van der Waals surface area contributed by atoms with E-state index in [0.717, 1.165) is 21.8 Å². The van der Waals surface area contributed by atoms with Crippen LogP contribution in [0, 0.1) is 5.82 Å². The average molecular weight is 374 g/mol. The van der Waals surface area contributed by atoms with Crippen LogP contribution in [0.1, 0.15) is 26.5 Å². The van der Waals surface area contributed by atoms with Gasteiger partial charge in [-0.1, -0.05) is 0 Å². The number of amides is 1. The Labute approximate surface area is 154 Å². The van der Waals surface area contributed by atoms with Gasteiger partial charge in [0.2, 0.25) is 0 Å². The minimum atomic E-state index is -1.09. The van der Waals surface area contributed by atoms with Crippen molar-refractivity contribution in [3.8, 4) is 21.8 Å². The molecular formula is C18H19FN4O2S. The highest BCUT2D eigenvalue weighted by Gasteiger charge is 2.24. The second-order valence-electron chi connectivity index (χ2n) is 6.80. The molecular weight excluding hydrogens is 355 g/mol. The Kier molecular flexibility index (Phi) is 4.78. The number of hydrogen-bond donors (Lipinski definition) is 2. The predicted molar refractivity (Wildman–Crippen MR) is 98.6 cm³/mol. The summed E-state index contributed by atoms with van der Waals surface area (Å²) < 4.78 is 15.2. The van der Waals surface area contributed by atoms with E-state index in [9.17, 15) is 9.18 Å². The van der Waals surface area contributed by atoms with Crippen LogP contribution in [0.2, 0.25) is 0 Å². The fourth-order valence-electron chi connectivity index (χ4n) is 2.58. The van der Waals surface area contributed by atoms with E-state index in [0.29, 0.717) is 5.69 Å². The van der Waals surface area contributed by atoms with Gasteiger partial charge in [0.05, 0.1) is 35.2 Å². The molecule has 0 unspecified atom stereocenters. The molecule has 2 aromatic heterocycles. The lowest BCUT2D eigenvalue weighted by Gasteiger charge is -2.23. The van der Waals surface area contributed by atoms with Gasteiger partial charge in [-0.2, -0.15) is 5.10 Å². The van der Waals surface area contributed by atoms with Crippen LogP contribution in [0.15, 0.2) is 35.8 Å². The number of nitrogens with zero attached hydrogens (tertiary/aromatic N) is 3. The number of thiazole rings is 1. The van der Waals surface area contributed by atoms with Crippen LogP contribution in [0.3, 0.4) is 0 Å². The third kappa shape index (κ3) is 3.75. The van der Waals surface area contributed by atoms with E-state index in [1.807, 2.05) is 30.8 Å². The summed E-state index contributed by atoms with van der Waals surface area (Å²) in [5.74, 6) is -0.298. The number of nitrogens with one attached hydrogen (secondary N) is 1. The first-order valence-corrected chi connectivity index (χ1v) is 8.89. The molecule has 3 rings (SSSR count). The molecule has 0 aliphatic heterocycles. The van der Waals surface area contributed by atoms with Crippen molar-refractivity contribution >= 4 is 17.4 Å². The molecule has 3 aromatic rings. The molecule has 6 nitrogen and oxygen atoms in total. The molecule has 0 fully saturated rings. The van der Waals surface area contributed by atoms with E-state index in [4.69, 9.17) is 5.11 Å². The highest BCUT2D eigenvalue weighted by Crippen LogP contribution is 2.36. The lowest BCUT2D eigenvalue weighted by Crippen LogP contribution is -2.24. The fourth-order valence-corrected chi connectivity index (χ4v) is 3.41. The topological polar surface area (TPSA) is 80.0 Å². The molecule has 0 bridgehead atoms. The van der Waals surface area contributed by atoms with Crippen molar-refractivity contribution in [2.45, 2.75) is 32.9 Å². The summed E-state index contributed by atoms with van der Waals surface area (Å²) in [5.41, 5.74) is 2.89. The highest BCUT2D eigenvalue weighted by molar-refractivity contribution is 7.13. The summed E-state index contributed by atoms with van der Waals surface area (Å²) in [6, 6.07) is 6.28. The van der Waals surface area contributed by atoms with Gasteiger partial charge in [0.1, 0.15) is 10.8 Å². The molecule has 0 radical (unpaired) electrons. The predicted octanol–water partition coefficient (Wildman–Crippen LogP) is 4.34. The van der Waals surface area contributed by atoms with Crippen LogP contribution in [-0.4, -0.2) is 26.0 Å². The molecule has 0 spiro atoms. The van der Waals surface area contributed by atoms with Crippen LogP contribution in [-0.2, 0) is 12.1 Å². The van der Waals surface area contributed by atoms with E-state index < -0.39 is 6.09 Å².